The fourth-order valence-electron chi connectivity index (χ4n) is 1.99. The lowest BCUT2D eigenvalue weighted by molar-refractivity contribution is -0.137. The van der Waals surface area contributed by atoms with Crippen molar-refractivity contribution in [2.24, 2.45) is 0 Å². The number of hydrogen-bond donors (Lipinski definition) is 1. The molecule has 2 aromatic rings. The van der Waals surface area contributed by atoms with E-state index in [1.807, 2.05) is 33.0 Å². The molecule has 0 aliphatic carbocycles. The largest absolute Gasteiger partial charge is 0.489 e. The second-order valence-corrected chi connectivity index (χ2v) is 5.23. The van der Waals surface area contributed by atoms with Crippen molar-refractivity contribution in [2.45, 2.75) is 39.3 Å². The summed E-state index contributed by atoms with van der Waals surface area (Å²) in [5.74, 6) is -0.137. The van der Waals surface area contributed by atoms with Crippen LogP contribution in [0.2, 0.25) is 0 Å². The van der Waals surface area contributed by atoms with E-state index in [9.17, 15) is 4.79 Å². The van der Waals surface area contributed by atoms with Crippen LogP contribution in [0.15, 0.2) is 30.9 Å². The van der Waals surface area contributed by atoms with Crippen molar-refractivity contribution in [2.75, 3.05) is 0 Å². The van der Waals surface area contributed by atoms with Gasteiger partial charge in [-0.05, 0) is 26.8 Å². The molecule has 0 bridgehead atoms. The minimum absolute atomic E-state index is 0.0376. The van der Waals surface area contributed by atoms with E-state index < -0.39 is 5.97 Å². The number of pyridine rings is 1. The molecule has 2 rings (SSSR count). The second kappa shape index (κ2) is 6.39. The molecule has 0 aliphatic rings. The van der Waals surface area contributed by atoms with Crippen molar-refractivity contribution in [3.8, 4) is 16.9 Å². The van der Waals surface area contributed by atoms with E-state index in [2.05, 4.69) is 10.1 Å². The molecule has 6 nitrogen and oxygen atoms in total. The highest BCUT2D eigenvalue weighted by Gasteiger charge is 2.12. The fourth-order valence-corrected chi connectivity index (χ4v) is 1.99. The third kappa shape index (κ3) is 4.05. The first-order valence-corrected chi connectivity index (χ1v) is 6.83. The van der Waals surface area contributed by atoms with Gasteiger partial charge in [0.1, 0.15) is 5.75 Å². The summed E-state index contributed by atoms with van der Waals surface area (Å²) in [6.45, 7) is 5.73. The first-order chi connectivity index (χ1) is 9.95. The number of aromatic nitrogens is 3. The topological polar surface area (TPSA) is 77.2 Å². The Labute approximate surface area is 123 Å². The van der Waals surface area contributed by atoms with Gasteiger partial charge in [-0.25, -0.2) is 0 Å². The van der Waals surface area contributed by atoms with Crippen molar-refractivity contribution in [1.82, 2.24) is 14.8 Å². The van der Waals surface area contributed by atoms with Gasteiger partial charge in [0.15, 0.2) is 0 Å². The van der Waals surface area contributed by atoms with Gasteiger partial charge in [-0.1, -0.05) is 0 Å². The summed E-state index contributed by atoms with van der Waals surface area (Å²) in [4.78, 5) is 14.9. The number of ether oxygens (including phenoxy) is 1. The van der Waals surface area contributed by atoms with E-state index in [0.29, 0.717) is 5.75 Å². The zero-order chi connectivity index (χ0) is 15.4. The molecule has 1 unspecified atom stereocenters. The summed E-state index contributed by atoms with van der Waals surface area (Å²) in [5, 5.41) is 13.0. The summed E-state index contributed by atoms with van der Waals surface area (Å²) < 4.78 is 7.27. The number of nitrogens with zero attached hydrogens (tertiary/aromatic N) is 3. The average molecular weight is 289 g/mol. The van der Waals surface area contributed by atoms with E-state index in [4.69, 9.17) is 9.84 Å². The molecule has 0 saturated heterocycles. The van der Waals surface area contributed by atoms with E-state index in [0.717, 1.165) is 11.1 Å². The number of rotatable bonds is 6. The van der Waals surface area contributed by atoms with Crippen molar-refractivity contribution in [3.63, 3.8) is 0 Å². The lowest BCUT2D eigenvalue weighted by Gasteiger charge is -2.10. The molecule has 1 N–H and O–H groups in total. The number of hydrogen-bond acceptors (Lipinski definition) is 4. The summed E-state index contributed by atoms with van der Waals surface area (Å²) in [5.41, 5.74) is 1.77. The maximum Gasteiger partial charge on any atom is 0.305 e. The highest BCUT2D eigenvalue weighted by atomic mass is 16.5. The van der Waals surface area contributed by atoms with Gasteiger partial charge in [0.05, 0.1) is 31.0 Å². The molecule has 0 amide bonds. The molecule has 21 heavy (non-hydrogen) atoms. The minimum Gasteiger partial charge on any atom is -0.489 e. The Balaban J connectivity index is 2.19. The Hall–Kier alpha value is -2.37. The molecule has 2 heterocycles. The van der Waals surface area contributed by atoms with E-state index in [1.165, 1.54) is 0 Å². The Morgan fingerprint density at radius 1 is 1.29 bits per heavy atom. The minimum atomic E-state index is -0.839. The summed E-state index contributed by atoms with van der Waals surface area (Å²) in [6.07, 6.45) is 7.05. The first-order valence-electron chi connectivity index (χ1n) is 6.83. The van der Waals surface area contributed by atoms with Crippen molar-refractivity contribution >= 4 is 5.97 Å². The van der Waals surface area contributed by atoms with E-state index in [1.54, 1.807) is 23.3 Å². The van der Waals surface area contributed by atoms with Gasteiger partial charge >= 0.3 is 5.97 Å². The Kier molecular flexibility index (Phi) is 4.57. The molecule has 0 fully saturated rings. The summed E-state index contributed by atoms with van der Waals surface area (Å²) >= 11 is 0. The van der Waals surface area contributed by atoms with Crippen LogP contribution in [0.5, 0.6) is 5.75 Å². The number of carboxylic acid groups (broad SMARTS) is 1. The third-order valence-corrected chi connectivity index (χ3v) is 2.94. The van der Waals surface area contributed by atoms with Gasteiger partial charge in [0.2, 0.25) is 0 Å². The fraction of sp³-hybridized carbons (Fsp3) is 0.400. The van der Waals surface area contributed by atoms with Gasteiger partial charge < -0.3 is 9.84 Å². The van der Waals surface area contributed by atoms with Gasteiger partial charge in [-0.3, -0.25) is 14.5 Å². The SMILES string of the molecule is CC(C)Oc1cncc(-c2cnn(C(C)CC(=O)O)c2)c1. The van der Waals surface area contributed by atoms with Crippen LogP contribution in [0.3, 0.4) is 0 Å². The standard InChI is InChI=1S/C15H19N3O3/c1-10(2)21-14-5-12(6-16-8-14)13-7-17-18(9-13)11(3)4-15(19)20/h5-11H,4H2,1-3H3,(H,19,20). The van der Waals surface area contributed by atoms with Crippen LogP contribution in [0.25, 0.3) is 11.1 Å². The lowest BCUT2D eigenvalue weighted by atomic mass is 10.1. The predicted octanol–water partition coefficient (Wildman–Crippen LogP) is 2.77. The maximum absolute atomic E-state index is 10.7. The smallest absolute Gasteiger partial charge is 0.305 e. The highest BCUT2D eigenvalue weighted by Crippen LogP contribution is 2.24. The van der Waals surface area contributed by atoms with Gasteiger partial charge in [-0.2, -0.15) is 5.10 Å². The maximum atomic E-state index is 10.7. The van der Waals surface area contributed by atoms with Gasteiger partial charge in [0, 0.05) is 23.5 Å². The summed E-state index contributed by atoms with van der Waals surface area (Å²) in [7, 11) is 0. The van der Waals surface area contributed by atoms with Crippen LogP contribution >= 0.6 is 0 Å². The summed E-state index contributed by atoms with van der Waals surface area (Å²) in [6, 6.07) is 1.70. The highest BCUT2D eigenvalue weighted by molar-refractivity contribution is 5.67. The van der Waals surface area contributed by atoms with Crippen LogP contribution < -0.4 is 4.74 Å². The lowest BCUT2D eigenvalue weighted by Crippen LogP contribution is -2.10. The molecule has 6 heteroatoms. The van der Waals surface area contributed by atoms with Crippen molar-refractivity contribution < 1.29 is 14.6 Å². The van der Waals surface area contributed by atoms with Crippen LogP contribution in [0.1, 0.15) is 33.2 Å². The van der Waals surface area contributed by atoms with Crippen LogP contribution in [-0.4, -0.2) is 31.9 Å². The first kappa shape index (κ1) is 15.0. The van der Waals surface area contributed by atoms with Gasteiger partial charge in [-0.15, -0.1) is 0 Å². The molecular formula is C15H19N3O3. The molecule has 112 valence electrons. The number of carboxylic acids is 1. The molecule has 0 saturated carbocycles. The monoisotopic (exact) mass is 289 g/mol. The zero-order valence-corrected chi connectivity index (χ0v) is 12.4. The molecule has 0 aliphatic heterocycles. The average Bonchev–Trinajstić information content (AvgIpc) is 2.87. The zero-order valence-electron chi connectivity index (χ0n) is 12.4. The molecular weight excluding hydrogens is 270 g/mol. The third-order valence-electron chi connectivity index (χ3n) is 2.94. The van der Waals surface area contributed by atoms with E-state index >= 15 is 0 Å². The normalized spacial score (nSPS) is 12.4. The molecule has 0 aromatic carbocycles. The second-order valence-electron chi connectivity index (χ2n) is 5.23. The number of aliphatic carboxylic acids is 1. The van der Waals surface area contributed by atoms with Crippen LogP contribution in [-0.2, 0) is 4.79 Å². The van der Waals surface area contributed by atoms with Crippen LogP contribution in [0.4, 0.5) is 0 Å². The molecule has 0 radical (unpaired) electrons. The predicted molar refractivity (Wildman–Crippen MR) is 78.2 cm³/mol. The Morgan fingerprint density at radius 2 is 2.05 bits per heavy atom. The van der Waals surface area contributed by atoms with E-state index in [-0.39, 0.29) is 18.6 Å². The Bertz CT molecular complexity index is 622. The molecule has 0 spiro atoms. The Morgan fingerprint density at radius 3 is 2.71 bits per heavy atom. The van der Waals surface area contributed by atoms with Crippen molar-refractivity contribution in [3.05, 3.63) is 30.9 Å². The van der Waals surface area contributed by atoms with Gasteiger partial charge in [0.25, 0.3) is 0 Å². The molecule has 2 aromatic heterocycles. The van der Waals surface area contributed by atoms with Crippen molar-refractivity contribution in [1.29, 1.82) is 0 Å². The quantitative estimate of drug-likeness (QED) is 0.884. The van der Waals surface area contributed by atoms with Crippen LogP contribution in [0, 0.1) is 0 Å². The molecule has 1 atom stereocenters. The number of carbonyl (C=O) groups is 1.